The van der Waals surface area contributed by atoms with Gasteiger partial charge in [0.25, 0.3) is 0 Å². The standard InChI is InChI=1S/C14H31N3/c1-12(2)15-7-6-14(5)17-10-8-16(9-11-17)13(3)4/h12-15H,6-11H2,1-5H3. The molecule has 3 nitrogen and oxygen atoms in total. The van der Waals surface area contributed by atoms with E-state index in [1.165, 1.54) is 32.6 Å². The Morgan fingerprint density at radius 1 is 0.882 bits per heavy atom. The molecular formula is C14H31N3. The molecule has 0 radical (unpaired) electrons. The summed E-state index contributed by atoms with van der Waals surface area (Å²) in [6.45, 7) is 17.5. The summed E-state index contributed by atoms with van der Waals surface area (Å²) in [4.78, 5) is 5.22. The van der Waals surface area contributed by atoms with Crippen LogP contribution in [0.15, 0.2) is 0 Å². The fourth-order valence-corrected chi connectivity index (χ4v) is 2.46. The van der Waals surface area contributed by atoms with E-state index < -0.39 is 0 Å². The van der Waals surface area contributed by atoms with Crippen molar-refractivity contribution < 1.29 is 0 Å². The average Bonchev–Trinajstić information content (AvgIpc) is 2.28. The van der Waals surface area contributed by atoms with Gasteiger partial charge in [0, 0.05) is 44.3 Å². The third-order valence-corrected chi connectivity index (χ3v) is 3.82. The number of nitrogens with one attached hydrogen (secondary N) is 1. The Kier molecular flexibility index (Phi) is 6.45. The van der Waals surface area contributed by atoms with E-state index in [4.69, 9.17) is 0 Å². The molecule has 1 unspecified atom stereocenters. The van der Waals surface area contributed by atoms with E-state index in [0.29, 0.717) is 12.1 Å². The predicted octanol–water partition coefficient (Wildman–Crippen LogP) is 1.79. The van der Waals surface area contributed by atoms with Crippen LogP contribution in [0.1, 0.15) is 41.0 Å². The Labute approximate surface area is 108 Å². The van der Waals surface area contributed by atoms with Crippen LogP contribution in [0.3, 0.4) is 0 Å². The van der Waals surface area contributed by atoms with E-state index in [-0.39, 0.29) is 0 Å². The van der Waals surface area contributed by atoms with Crippen LogP contribution >= 0.6 is 0 Å². The van der Waals surface area contributed by atoms with Crippen molar-refractivity contribution in [1.29, 1.82) is 0 Å². The second-order valence-electron chi connectivity index (χ2n) is 5.91. The smallest absolute Gasteiger partial charge is 0.0113 e. The zero-order chi connectivity index (χ0) is 12.8. The summed E-state index contributed by atoms with van der Waals surface area (Å²) >= 11 is 0. The van der Waals surface area contributed by atoms with E-state index in [9.17, 15) is 0 Å². The highest BCUT2D eigenvalue weighted by Gasteiger charge is 2.21. The van der Waals surface area contributed by atoms with Crippen molar-refractivity contribution in [3.8, 4) is 0 Å². The Hall–Kier alpha value is -0.120. The van der Waals surface area contributed by atoms with Gasteiger partial charge in [0.1, 0.15) is 0 Å². The molecule has 0 saturated carbocycles. The van der Waals surface area contributed by atoms with Gasteiger partial charge in [-0.3, -0.25) is 9.80 Å². The van der Waals surface area contributed by atoms with E-state index in [1.807, 2.05) is 0 Å². The Balaban J connectivity index is 2.19. The Morgan fingerprint density at radius 3 is 1.88 bits per heavy atom. The van der Waals surface area contributed by atoms with Gasteiger partial charge >= 0.3 is 0 Å². The van der Waals surface area contributed by atoms with E-state index in [2.05, 4.69) is 49.7 Å². The summed E-state index contributed by atoms with van der Waals surface area (Å²) in [5.41, 5.74) is 0. The van der Waals surface area contributed by atoms with Crippen LogP contribution in [0.25, 0.3) is 0 Å². The Bertz CT molecular complexity index is 196. The van der Waals surface area contributed by atoms with Gasteiger partial charge in [-0.1, -0.05) is 13.8 Å². The lowest BCUT2D eigenvalue weighted by Gasteiger charge is -2.39. The van der Waals surface area contributed by atoms with Crippen LogP contribution in [0.2, 0.25) is 0 Å². The molecule has 1 N–H and O–H groups in total. The highest BCUT2D eigenvalue weighted by atomic mass is 15.3. The maximum Gasteiger partial charge on any atom is 0.0113 e. The zero-order valence-corrected chi connectivity index (χ0v) is 12.4. The minimum absolute atomic E-state index is 0.611. The lowest BCUT2D eigenvalue weighted by molar-refractivity contribution is 0.0806. The van der Waals surface area contributed by atoms with Crippen molar-refractivity contribution in [2.45, 2.75) is 59.2 Å². The minimum Gasteiger partial charge on any atom is -0.314 e. The van der Waals surface area contributed by atoms with Crippen molar-refractivity contribution in [3.05, 3.63) is 0 Å². The second-order valence-corrected chi connectivity index (χ2v) is 5.91. The van der Waals surface area contributed by atoms with Crippen molar-refractivity contribution in [1.82, 2.24) is 15.1 Å². The van der Waals surface area contributed by atoms with Crippen LogP contribution in [0, 0.1) is 0 Å². The fraction of sp³-hybridized carbons (Fsp3) is 1.00. The van der Waals surface area contributed by atoms with E-state index >= 15 is 0 Å². The van der Waals surface area contributed by atoms with Crippen LogP contribution in [-0.4, -0.2) is 60.6 Å². The number of piperazine rings is 1. The minimum atomic E-state index is 0.611. The summed E-state index contributed by atoms with van der Waals surface area (Å²) in [5.74, 6) is 0. The second kappa shape index (κ2) is 7.34. The van der Waals surface area contributed by atoms with Gasteiger partial charge < -0.3 is 5.32 Å². The van der Waals surface area contributed by atoms with Crippen LogP contribution in [0.5, 0.6) is 0 Å². The number of hydrogen-bond donors (Lipinski definition) is 1. The van der Waals surface area contributed by atoms with Crippen LogP contribution in [0.4, 0.5) is 0 Å². The lowest BCUT2D eigenvalue weighted by Crippen LogP contribution is -2.51. The van der Waals surface area contributed by atoms with Crippen molar-refractivity contribution in [3.63, 3.8) is 0 Å². The molecule has 0 aromatic rings. The molecule has 102 valence electrons. The molecule has 0 amide bonds. The van der Waals surface area contributed by atoms with Gasteiger partial charge in [0.15, 0.2) is 0 Å². The summed E-state index contributed by atoms with van der Waals surface area (Å²) in [6.07, 6.45) is 1.26. The molecule has 1 heterocycles. The molecule has 0 aromatic carbocycles. The SMILES string of the molecule is CC(C)NCCC(C)N1CCN(C(C)C)CC1. The first kappa shape index (κ1) is 14.9. The predicted molar refractivity (Wildman–Crippen MR) is 75.5 cm³/mol. The molecule has 17 heavy (non-hydrogen) atoms. The normalized spacial score (nSPS) is 21.4. The van der Waals surface area contributed by atoms with Crippen molar-refractivity contribution in [2.24, 2.45) is 0 Å². The molecule has 0 aromatic heterocycles. The molecule has 0 bridgehead atoms. The molecule has 1 aliphatic heterocycles. The molecule has 1 fully saturated rings. The zero-order valence-electron chi connectivity index (χ0n) is 12.4. The monoisotopic (exact) mass is 241 g/mol. The summed E-state index contributed by atoms with van der Waals surface area (Å²) in [7, 11) is 0. The third kappa shape index (κ3) is 5.36. The molecular weight excluding hydrogens is 210 g/mol. The number of nitrogens with zero attached hydrogens (tertiary/aromatic N) is 2. The molecule has 1 saturated heterocycles. The van der Waals surface area contributed by atoms with Crippen LogP contribution in [-0.2, 0) is 0 Å². The maximum atomic E-state index is 3.51. The van der Waals surface area contributed by atoms with Gasteiger partial charge in [0.05, 0.1) is 0 Å². The van der Waals surface area contributed by atoms with Gasteiger partial charge in [-0.25, -0.2) is 0 Å². The van der Waals surface area contributed by atoms with E-state index in [0.717, 1.165) is 12.6 Å². The van der Waals surface area contributed by atoms with Gasteiger partial charge in [-0.15, -0.1) is 0 Å². The van der Waals surface area contributed by atoms with Gasteiger partial charge in [-0.05, 0) is 33.7 Å². The number of hydrogen-bond acceptors (Lipinski definition) is 3. The molecule has 0 spiro atoms. The molecule has 0 aliphatic carbocycles. The van der Waals surface area contributed by atoms with Crippen molar-refractivity contribution >= 4 is 0 Å². The lowest BCUT2D eigenvalue weighted by atomic mass is 10.1. The van der Waals surface area contributed by atoms with E-state index in [1.54, 1.807) is 0 Å². The summed E-state index contributed by atoms with van der Waals surface area (Å²) in [6, 6.07) is 2.03. The molecule has 3 heteroatoms. The molecule has 1 atom stereocenters. The first-order valence-electron chi connectivity index (χ1n) is 7.22. The average molecular weight is 241 g/mol. The van der Waals surface area contributed by atoms with Crippen LogP contribution < -0.4 is 5.32 Å². The Morgan fingerprint density at radius 2 is 1.41 bits per heavy atom. The highest BCUT2D eigenvalue weighted by Crippen LogP contribution is 2.10. The van der Waals surface area contributed by atoms with Gasteiger partial charge in [-0.2, -0.15) is 0 Å². The number of rotatable bonds is 6. The highest BCUT2D eigenvalue weighted by molar-refractivity contribution is 4.78. The fourth-order valence-electron chi connectivity index (χ4n) is 2.46. The molecule has 1 aliphatic rings. The van der Waals surface area contributed by atoms with Gasteiger partial charge in [0.2, 0.25) is 0 Å². The first-order valence-corrected chi connectivity index (χ1v) is 7.22. The maximum absolute atomic E-state index is 3.51. The first-order chi connectivity index (χ1) is 8.00. The summed E-state index contributed by atoms with van der Waals surface area (Å²) < 4.78 is 0. The summed E-state index contributed by atoms with van der Waals surface area (Å²) in [5, 5.41) is 3.51. The molecule has 1 rings (SSSR count). The third-order valence-electron chi connectivity index (χ3n) is 3.82. The van der Waals surface area contributed by atoms with Crippen molar-refractivity contribution in [2.75, 3.05) is 32.7 Å². The topological polar surface area (TPSA) is 18.5 Å². The largest absolute Gasteiger partial charge is 0.314 e. The quantitative estimate of drug-likeness (QED) is 0.765.